The third kappa shape index (κ3) is 3.86. The molecule has 1 heterocycles. The van der Waals surface area contributed by atoms with Crippen LogP contribution in [0.3, 0.4) is 0 Å². The first kappa shape index (κ1) is 18.0. The minimum Gasteiger partial charge on any atom is -0.494 e. The Kier molecular flexibility index (Phi) is 4.96. The Morgan fingerprint density at radius 2 is 1.96 bits per heavy atom. The molecule has 0 bridgehead atoms. The largest absolute Gasteiger partial charge is 0.494 e. The van der Waals surface area contributed by atoms with Crippen LogP contribution in [0.2, 0.25) is 0 Å². The second-order valence-electron chi connectivity index (χ2n) is 5.37. The zero-order valence-electron chi connectivity index (χ0n) is 13.7. The van der Waals surface area contributed by atoms with E-state index >= 15 is 0 Å². The Hall–Kier alpha value is -2.85. The first-order valence-corrected chi connectivity index (χ1v) is 8.55. The van der Waals surface area contributed by atoms with Gasteiger partial charge in [0.15, 0.2) is 0 Å². The number of hydrogen-bond donors (Lipinski definition) is 0. The van der Waals surface area contributed by atoms with Crippen molar-refractivity contribution < 1.29 is 17.9 Å². The third-order valence-electron chi connectivity index (χ3n) is 3.57. The molecule has 0 atom stereocenters. The van der Waals surface area contributed by atoms with E-state index < -0.39 is 11.7 Å². The molecule has 0 aliphatic carbocycles. The van der Waals surface area contributed by atoms with Crippen molar-refractivity contribution >= 4 is 33.2 Å². The molecule has 0 radical (unpaired) electrons. The zero-order valence-corrected chi connectivity index (χ0v) is 14.5. The van der Waals surface area contributed by atoms with Crippen molar-refractivity contribution in [3.8, 4) is 11.8 Å². The van der Waals surface area contributed by atoms with E-state index in [0.29, 0.717) is 21.9 Å². The number of allylic oxidation sites excluding steroid dienone is 1. The lowest BCUT2D eigenvalue weighted by Gasteiger charge is -2.04. The highest BCUT2D eigenvalue weighted by atomic mass is 32.1. The first-order valence-electron chi connectivity index (χ1n) is 7.73. The molecule has 0 N–H and O–H groups in total. The Labute approximate surface area is 152 Å². The van der Waals surface area contributed by atoms with Gasteiger partial charge in [-0.15, -0.1) is 11.3 Å². The van der Waals surface area contributed by atoms with Crippen LogP contribution in [0, 0.1) is 11.3 Å². The number of nitriles is 1. The molecule has 3 aromatic rings. The Morgan fingerprint density at radius 1 is 1.23 bits per heavy atom. The molecule has 0 amide bonds. The fraction of sp³-hybridized carbons (Fsp3) is 0.158. The molecular weight excluding hydrogens is 361 g/mol. The number of thiazole rings is 1. The van der Waals surface area contributed by atoms with Gasteiger partial charge >= 0.3 is 6.18 Å². The van der Waals surface area contributed by atoms with Gasteiger partial charge in [0.05, 0.1) is 28.0 Å². The van der Waals surface area contributed by atoms with Crippen molar-refractivity contribution in [1.82, 2.24) is 4.98 Å². The number of halogens is 3. The van der Waals surface area contributed by atoms with Crippen molar-refractivity contribution in [3.63, 3.8) is 0 Å². The van der Waals surface area contributed by atoms with E-state index in [1.165, 1.54) is 17.4 Å². The Morgan fingerprint density at radius 3 is 2.58 bits per heavy atom. The van der Waals surface area contributed by atoms with Crippen LogP contribution in [-0.2, 0) is 6.18 Å². The lowest BCUT2D eigenvalue weighted by molar-refractivity contribution is -0.137. The summed E-state index contributed by atoms with van der Waals surface area (Å²) in [6.07, 6.45) is -2.77. The molecule has 0 fully saturated rings. The smallest absolute Gasteiger partial charge is 0.416 e. The van der Waals surface area contributed by atoms with E-state index in [9.17, 15) is 18.4 Å². The summed E-state index contributed by atoms with van der Waals surface area (Å²) in [6, 6.07) is 12.7. The predicted molar refractivity (Wildman–Crippen MR) is 95.7 cm³/mol. The maximum atomic E-state index is 12.8. The average Bonchev–Trinajstić information content (AvgIpc) is 3.03. The van der Waals surface area contributed by atoms with Crippen molar-refractivity contribution in [2.45, 2.75) is 13.1 Å². The van der Waals surface area contributed by atoms with Crippen LogP contribution >= 0.6 is 11.3 Å². The van der Waals surface area contributed by atoms with Gasteiger partial charge in [0.2, 0.25) is 0 Å². The number of hydrogen-bond acceptors (Lipinski definition) is 4. The summed E-state index contributed by atoms with van der Waals surface area (Å²) in [4.78, 5) is 4.20. The minimum absolute atomic E-state index is 0.229. The van der Waals surface area contributed by atoms with Crippen LogP contribution in [0.15, 0.2) is 42.5 Å². The normalized spacial score (nSPS) is 12.2. The summed E-state index contributed by atoms with van der Waals surface area (Å²) in [7, 11) is 0. The van der Waals surface area contributed by atoms with Gasteiger partial charge in [-0.1, -0.05) is 12.1 Å². The Bertz CT molecular complexity index is 998. The zero-order chi connectivity index (χ0) is 18.7. The number of aromatic nitrogens is 1. The van der Waals surface area contributed by atoms with Gasteiger partial charge in [-0.25, -0.2) is 4.98 Å². The first-order chi connectivity index (χ1) is 12.4. The van der Waals surface area contributed by atoms with Gasteiger partial charge < -0.3 is 4.74 Å². The lowest BCUT2D eigenvalue weighted by Crippen LogP contribution is -2.03. The topological polar surface area (TPSA) is 45.9 Å². The summed E-state index contributed by atoms with van der Waals surface area (Å²) in [6.45, 7) is 2.45. The number of alkyl halides is 3. The molecule has 2 aromatic carbocycles. The lowest BCUT2D eigenvalue weighted by atomic mass is 10.1. The molecular formula is C19H13F3N2OS. The number of benzene rings is 2. The van der Waals surface area contributed by atoms with E-state index in [4.69, 9.17) is 4.74 Å². The fourth-order valence-corrected chi connectivity index (χ4v) is 3.27. The molecule has 0 saturated heterocycles. The third-order valence-corrected chi connectivity index (χ3v) is 4.64. The second kappa shape index (κ2) is 7.18. The molecule has 0 saturated carbocycles. The van der Waals surface area contributed by atoms with Crippen molar-refractivity contribution in [1.29, 1.82) is 5.26 Å². The van der Waals surface area contributed by atoms with Crippen LogP contribution < -0.4 is 4.74 Å². The van der Waals surface area contributed by atoms with E-state index in [1.807, 2.05) is 6.92 Å². The number of rotatable bonds is 4. The summed E-state index contributed by atoms with van der Waals surface area (Å²) < 4.78 is 44.4. The molecule has 26 heavy (non-hydrogen) atoms. The monoisotopic (exact) mass is 374 g/mol. The Balaban J connectivity index is 1.96. The van der Waals surface area contributed by atoms with Gasteiger partial charge in [-0.2, -0.15) is 18.4 Å². The minimum atomic E-state index is -4.42. The SMILES string of the molecule is CCOc1ccc(/C=C(\C#N)c2nc3cc(C(F)(F)F)ccc3s2)cc1. The second-order valence-corrected chi connectivity index (χ2v) is 6.40. The van der Waals surface area contributed by atoms with E-state index in [1.54, 1.807) is 30.3 Å². The maximum Gasteiger partial charge on any atom is 0.416 e. The average molecular weight is 374 g/mol. The van der Waals surface area contributed by atoms with Gasteiger partial charge in [-0.05, 0) is 48.9 Å². The summed E-state index contributed by atoms with van der Waals surface area (Å²) in [5, 5.41) is 9.82. The summed E-state index contributed by atoms with van der Waals surface area (Å²) in [5.74, 6) is 0.725. The fourth-order valence-electron chi connectivity index (χ4n) is 2.35. The van der Waals surface area contributed by atoms with Gasteiger partial charge in [0.25, 0.3) is 0 Å². The highest BCUT2D eigenvalue weighted by Gasteiger charge is 2.30. The number of ether oxygens (including phenoxy) is 1. The van der Waals surface area contributed by atoms with Gasteiger partial charge in [0.1, 0.15) is 16.8 Å². The van der Waals surface area contributed by atoms with Gasteiger partial charge in [-0.3, -0.25) is 0 Å². The van der Waals surface area contributed by atoms with E-state index in [0.717, 1.165) is 23.4 Å². The number of fused-ring (bicyclic) bond motifs is 1. The van der Waals surface area contributed by atoms with Crippen LogP contribution in [0.5, 0.6) is 5.75 Å². The van der Waals surface area contributed by atoms with Crippen molar-refractivity contribution in [2.24, 2.45) is 0 Å². The van der Waals surface area contributed by atoms with E-state index in [2.05, 4.69) is 11.1 Å². The van der Waals surface area contributed by atoms with Crippen molar-refractivity contribution in [2.75, 3.05) is 6.61 Å². The van der Waals surface area contributed by atoms with Crippen LogP contribution in [0.25, 0.3) is 21.9 Å². The highest BCUT2D eigenvalue weighted by Crippen LogP contribution is 2.34. The predicted octanol–water partition coefficient (Wildman–Crippen LogP) is 5.78. The molecule has 0 aliphatic heterocycles. The standard InChI is InChI=1S/C19H13F3N2OS/c1-2-25-15-6-3-12(4-7-15)9-13(11-23)18-24-16-10-14(19(20,21)22)5-8-17(16)26-18/h3-10H,2H2,1H3/b13-9+. The van der Waals surface area contributed by atoms with Crippen LogP contribution in [-0.4, -0.2) is 11.6 Å². The highest BCUT2D eigenvalue weighted by molar-refractivity contribution is 7.19. The van der Waals surface area contributed by atoms with Crippen LogP contribution in [0.1, 0.15) is 23.1 Å². The molecule has 3 rings (SSSR count). The molecule has 0 unspecified atom stereocenters. The molecule has 1 aromatic heterocycles. The molecule has 132 valence electrons. The van der Waals surface area contributed by atoms with Crippen LogP contribution in [0.4, 0.5) is 13.2 Å². The van der Waals surface area contributed by atoms with Crippen molar-refractivity contribution in [3.05, 3.63) is 58.6 Å². The molecule has 3 nitrogen and oxygen atoms in total. The van der Waals surface area contributed by atoms with E-state index in [-0.39, 0.29) is 5.52 Å². The molecule has 0 spiro atoms. The summed E-state index contributed by atoms with van der Waals surface area (Å²) in [5.41, 5.74) is 0.549. The maximum absolute atomic E-state index is 12.8. The van der Waals surface area contributed by atoms with Gasteiger partial charge in [0, 0.05) is 0 Å². The molecule has 0 aliphatic rings. The quantitative estimate of drug-likeness (QED) is 0.544. The summed E-state index contributed by atoms with van der Waals surface area (Å²) >= 11 is 1.19. The molecule has 7 heteroatoms. The number of nitrogens with zero attached hydrogens (tertiary/aromatic N) is 2.